The summed E-state index contributed by atoms with van der Waals surface area (Å²) < 4.78 is 0. The van der Waals surface area contributed by atoms with E-state index in [0.29, 0.717) is 11.4 Å². The van der Waals surface area contributed by atoms with Crippen LogP contribution >= 0.6 is 0 Å². The third-order valence-electron chi connectivity index (χ3n) is 3.25. The van der Waals surface area contributed by atoms with E-state index < -0.39 is 10.8 Å². The first kappa shape index (κ1) is 20.0. The second-order valence-corrected chi connectivity index (χ2v) is 5.45. The van der Waals surface area contributed by atoms with Crippen LogP contribution in [0.15, 0.2) is 75.2 Å². The van der Waals surface area contributed by atoms with Gasteiger partial charge < -0.3 is 21.9 Å². The Morgan fingerprint density at radius 2 is 1.79 bits per heavy atom. The van der Waals surface area contributed by atoms with Crippen molar-refractivity contribution in [2.24, 2.45) is 26.7 Å². The van der Waals surface area contributed by atoms with E-state index in [2.05, 4.69) is 20.5 Å². The molecule has 144 valence electrons. The number of carbonyl (C=O) groups excluding carboxylic acids is 1. The van der Waals surface area contributed by atoms with Gasteiger partial charge in [-0.25, -0.2) is 4.99 Å². The molecular weight excluding hydrogens is 366 g/mol. The fourth-order valence-electron chi connectivity index (χ4n) is 2.02. The molecule has 2 aromatic carbocycles. The zero-order valence-corrected chi connectivity index (χ0v) is 14.7. The van der Waals surface area contributed by atoms with Gasteiger partial charge >= 0.3 is 0 Å². The minimum atomic E-state index is -0.777. The largest absolute Gasteiger partial charge is 0.510 e. The summed E-state index contributed by atoms with van der Waals surface area (Å²) in [6.45, 7) is 1.27. The molecule has 0 heterocycles. The Morgan fingerprint density at radius 1 is 1.14 bits per heavy atom. The number of hydrogen-bond acceptors (Lipinski definition) is 7. The second-order valence-electron chi connectivity index (χ2n) is 5.45. The minimum absolute atomic E-state index is 0.0895. The number of carbonyl (C=O) groups is 1. The quantitative estimate of drug-likeness (QED) is 0.113. The van der Waals surface area contributed by atoms with E-state index in [1.165, 1.54) is 31.2 Å². The van der Waals surface area contributed by atoms with Crippen molar-refractivity contribution in [3.63, 3.8) is 0 Å². The van der Waals surface area contributed by atoms with Crippen molar-refractivity contribution in [3.05, 3.63) is 70.1 Å². The monoisotopic (exact) mass is 383 g/mol. The molecule has 11 nitrogen and oxygen atoms in total. The van der Waals surface area contributed by atoms with Gasteiger partial charge in [-0.1, -0.05) is 6.07 Å². The van der Waals surface area contributed by atoms with Gasteiger partial charge in [-0.3, -0.25) is 14.9 Å². The Morgan fingerprint density at radius 3 is 2.36 bits per heavy atom. The van der Waals surface area contributed by atoms with Crippen LogP contribution < -0.4 is 16.8 Å². The van der Waals surface area contributed by atoms with E-state index in [4.69, 9.17) is 11.5 Å². The lowest BCUT2D eigenvalue weighted by Gasteiger charge is -2.05. The fourth-order valence-corrected chi connectivity index (χ4v) is 2.02. The summed E-state index contributed by atoms with van der Waals surface area (Å²) in [7, 11) is 0. The molecule has 0 fully saturated rings. The minimum Gasteiger partial charge on any atom is -0.510 e. The van der Waals surface area contributed by atoms with Gasteiger partial charge in [-0.05, 0) is 37.3 Å². The molecule has 1 amide bonds. The summed E-state index contributed by atoms with van der Waals surface area (Å²) in [5.74, 6) is -1.24. The average Bonchev–Trinajstić information content (AvgIpc) is 2.62. The number of nitrogens with one attached hydrogen (secondary N) is 1. The van der Waals surface area contributed by atoms with E-state index in [-0.39, 0.29) is 28.8 Å². The number of guanidine groups is 1. The van der Waals surface area contributed by atoms with Gasteiger partial charge in [0.1, 0.15) is 5.76 Å². The number of azo groups is 1. The molecule has 0 aromatic heterocycles. The smallest absolute Gasteiger partial charge is 0.279 e. The normalized spacial score (nSPS) is 11.6. The maximum absolute atomic E-state index is 12.3. The van der Waals surface area contributed by atoms with E-state index in [1.54, 1.807) is 24.3 Å². The molecule has 0 saturated heterocycles. The van der Waals surface area contributed by atoms with Crippen LogP contribution in [0.5, 0.6) is 0 Å². The Balaban J connectivity index is 2.17. The Kier molecular flexibility index (Phi) is 6.36. The molecule has 0 bridgehead atoms. The summed E-state index contributed by atoms with van der Waals surface area (Å²) in [5, 5.41) is 30.6. The van der Waals surface area contributed by atoms with Crippen LogP contribution in [0.4, 0.5) is 22.7 Å². The van der Waals surface area contributed by atoms with Gasteiger partial charge in [0.25, 0.3) is 11.6 Å². The maximum atomic E-state index is 12.3. The molecule has 2 rings (SSSR count). The molecule has 2 aromatic rings. The number of aliphatic hydroxyl groups is 1. The van der Waals surface area contributed by atoms with Crippen LogP contribution in [0.3, 0.4) is 0 Å². The number of amides is 1. The molecule has 0 spiro atoms. The summed E-state index contributed by atoms with van der Waals surface area (Å²) in [6.07, 6.45) is 0. The average molecular weight is 383 g/mol. The Bertz CT molecular complexity index is 973. The number of aliphatic hydroxyl groups excluding tert-OH is 1. The SMILES string of the molecule is CC(O)=C(N=Nc1ccc(N=C(N)N)cc1)C(=O)Nc1cccc([N+](=O)[O-])c1. The number of nitrogens with zero attached hydrogens (tertiary/aromatic N) is 4. The van der Waals surface area contributed by atoms with Gasteiger partial charge in [0.2, 0.25) is 0 Å². The molecule has 0 aliphatic heterocycles. The van der Waals surface area contributed by atoms with Crippen LogP contribution in [0.2, 0.25) is 0 Å². The fraction of sp³-hybridized carbons (Fsp3) is 0.0588. The molecule has 0 atom stereocenters. The third kappa shape index (κ3) is 5.62. The van der Waals surface area contributed by atoms with Gasteiger partial charge in [0, 0.05) is 17.8 Å². The zero-order chi connectivity index (χ0) is 20.7. The molecule has 6 N–H and O–H groups in total. The molecular formula is C17H17N7O4. The lowest BCUT2D eigenvalue weighted by molar-refractivity contribution is -0.384. The predicted octanol–water partition coefficient (Wildman–Crippen LogP) is 3.01. The van der Waals surface area contributed by atoms with Gasteiger partial charge in [-0.15, -0.1) is 5.11 Å². The van der Waals surface area contributed by atoms with Crippen LogP contribution in [0.1, 0.15) is 6.92 Å². The number of anilines is 1. The van der Waals surface area contributed by atoms with Crippen molar-refractivity contribution in [3.8, 4) is 0 Å². The highest BCUT2D eigenvalue weighted by atomic mass is 16.6. The maximum Gasteiger partial charge on any atom is 0.279 e. The van der Waals surface area contributed by atoms with Crippen molar-refractivity contribution < 1.29 is 14.8 Å². The molecule has 11 heteroatoms. The number of benzene rings is 2. The van der Waals surface area contributed by atoms with E-state index in [1.807, 2.05) is 0 Å². The molecule has 0 saturated carbocycles. The lowest BCUT2D eigenvalue weighted by Crippen LogP contribution is -2.21. The number of nitrogens with two attached hydrogens (primary N) is 2. The highest BCUT2D eigenvalue weighted by Gasteiger charge is 2.15. The van der Waals surface area contributed by atoms with Crippen molar-refractivity contribution in [2.45, 2.75) is 6.92 Å². The van der Waals surface area contributed by atoms with Crippen molar-refractivity contribution in [1.29, 1.82) is 0 Å². The summed E-state index contributed by atoms with van der Waals surface area (Å²) in [6, 6.07) is 11.7. The second kappa shape index (κ2) is 8.89. The molecule has 0 unspecified atom stereocenters. The number of nitro groups is 1. The topological polar surface area (TPSA) is 182 Å². The highest BCUT2D eigenvalue weighted by molar-refractivity contribution is 6.03. The van der Waals surface area contributed by atoms with Gasteiger partial charge in [0.05, 0.1) is 16.3 Å². The van der Waals surface area contributed by atoms with Crippen molar-refractivity contribution in [2.75, 3.05) is 5.32 Å². The van der Waals surface area contributed by atoms with Crippen molar-refractivity contribution in [1.82, 2.24) is 0 Å². The summed E-state index contributed by atoms with van der Waals surface area (Å²) in [5.41, 5.74) is 11.1. The van der Waals surface area contributed by atoms with Crippen LogP contribution in [0, 0.1) is 10.1 Å². The highest BCUT2D eigenvalue weighted by Crippen LogP contribution is 2.21. The van der Waals surface area contributed by atoms with Crippen LogP contribution in [-0.2, 0) is 4.79 Å². The Hall–Kier alpha value is -4.28. The first-order valence-electron chi connectivity index (χ1n) is 7.83. The summed E-state index contributed by atoms with van der Waals surface area (Å²) in [4.78, 5) is 26.4. The number of hydrogen-bond donors (Lipinski definition) is 4. The number of aliphatic imine (C=N–C) groups is 1. The van der Waals surface area contributed by atoms with Crippen molar-refractivity contribution >= 4 is 34.6 Å². The number of non-ortho nitro benzene ring substituents is 1. The van der Waals surface area contributed by atoms with E-state index >= 15 is 0 Å². The van der Waals surface area contributed by atoms with Crippen LogP contribution in [0.25, 0.3) is 0 Å². The number of allylic oxidation sites excluding steroid dienone is 1. The van der Waals surface area contributed by atoms with E-state index in [0.717, 1.165) is 0 Å². The first-order chi connectivity index (χ1) is 13.3. The molecule has 0 aliphatic carbocycles. The van der Waals surface area contributed by atoms with Crippen LogP contribution in [-0.4, -0.2) is 21.9 Å². The molecule has 0 radical (unpaired) electrons. The first-order valence-corrected chi connectivity index (χ1v) is 7.83. The molecule has 0 aliphatic rings. The number of nitro benzene ring substituents is 1. The zero-order valence-electron chi connectivity index (χ0n) is 14.7. The lowest BCUT2D eigenvalue weighted by atomic mass is 10.2. The Labute approximate surface area is 159 Å². The summed E-state index contributed by atoms with van der Waals surface area (Å²) >= 11 is 0. The van der Waals surface area contributed by atoms with Gasteiger partial charge in [0.15, 0.2) is 11.7 Å². The predicted molar refractivity (Wildman–Crippen MR) is 103 cm³/mol. The third-order valence-corrected chi connectivity index (χ3v) is 3.25. The molecule has 28 heavy (non-hydrogen) atoms. The number of rotatable bonds is 6. The standard InChI is InChI=1S/C17H17N7O4/c1-10(25)15(16(26)20-13-3-2-4-14(9-13)24(27)28)23-22-12-7-5-11(6-8-12)21-17(18)19/h2-9,25H,1H3,(H,20,26)(H4,18,19,21). The van der Waals surface area contributed by atoms with E-state index in [9.17, 15) is 20.0 Å². The van der Waals surface area contributed by atoms with Gasteiger partial charge in [-0.2, -0.15) is 5.11 Å².